The van der Waals surface area contributed by atoms with Crippen LogP contribution < -0.4 is 14.8 Å². The monoisotopic (exact) mass is 702 g/mol. The molecule has 0 aromatic heterocycles. The molecule has 1 saturated heterocycles. The summed E-state index contributed by atoms with van der Waals surface area (Å²) in [6.07, 6.45) is 1.51. The number of likely N-dealkylation sites (tertiary alicyclic amines) is 1. The van der Waals surface area contributed by atoms with Crippen LogP contribution in [0, 0.1) is 20.8 Å². The summed E-state index contributed by atoms with van der Waals surface area (Å²) < 4.78 is 42.8. The predicted molar refractivity (Wildman–Crippen MR) is 191 cm³/mol. The number of carbonyl (C=O) groups is 2. The van der Waals surface area contributed by atoms with Gasteiger partial charge in [-0.3, -0.25) is 9.79 Å². The van der Waals surface area contributed by atoms with Crippen molar-refractivity contribution < 1.29 is 32.6 Å². The predicted octanol–water partition coefficient (Wildman–Crippen LogP) is 5.83. The summed E-state index contributed by atoms with van der Waals surface area (Å²) in [6.45, 7) is 10.9. The molecule has 0 bridgehead atoms. The highest BCUT2D eigenvalue weighted by molar-refractivity contribution is 7.90. The summed E-state index contributed by atoms with van der Waals surface area (Å²) in [5.74, 6) is -0.243. The van der Waals surface area contributed by atoms with Crippen LogP contribution in [0.25, 0.3) is 11.1 Å². The molecule has 0 saturated carbocycles. The fraction of sp³-hybridized carbons (Fsp3) is 0.447. The van der Waals surface area contributed by atoms with E-state index in [0.717, 1.165) is 52.0 Å². The smallest absolute Gasteiger partial charge is 0.407 e. The largest absolute Gasteiger partial charge is 0.487 e. The molecular weight excluding hydrogens is 657 g/mol. The van der Waals surface area contributed by atoms with Gasteiger partial charge in [0.15, 0.2) is 0 Å². The molecule has 0 spiro atoms. The van der Waals surface area contributed by atoms with E-state index in [0.29, 0.717) is 30.6 Å². The van der Waals surface area contributed by atoms with E-state index in [1.807, 2.05) is 69.0 Å². The SMILES string of the molecule is Cc1c(C)c(S(=O)(=O)NC(=NCC[C@@H](CC(=O)O)NC(=O)OCC2c3ccccc3-c3ccccc32)N2CCCC2)c(C)c2c1OC(C)(C)C2. The Morgan fingerprint density at radius 2 is 1.62 bits per heavy atom. The number of hydrogen-bond donors (Lipinski definition) is 3. The third-order valence-corrected chi connectivity index (χ3v) is 11.6. The first-order chi connectivity index (χ1) is 23.8. The maximum Gasteiger partial charge on any atom is 0.407 e. The Morgan fingerprint density at radius 3 is 2.24 bits per heavy atom. The van der Waals surface area contributed by atoms with Crippen LogP contribution in [-0.2, 0) is 26.0 Å². The maximum absolute atomic E-state index is 14.1. The van der Waals surface area contributed by atoms with E-state index in [1.54, 1.807) is 6.92 Å². The fourth-order valence-corrected chi connectivity index (χ4v) is 9.13. The normalized spacial score (nSPS) is 17.1. The molecule has 266 valence electrons. The summed E-state index contributed by atoms with van der Waals surface area (Å²) in [6, 6.07) is 15.3. The fourth-order valence-electron chi connectivity index (χ4n) is 7.51. The van der Waals surface area contributed by atoms with Crippen LogP contribution in [-0.4, -0.2) is 74.3 Å². The highest BCUT2D eigenvalue weighted by Gasteiger charge is 2.37. The van der Waals surface area contributed by atoms with E-state index in [1.165, 1.54) is 0 Å². The average molecular weight is 703 g/mol. The molecule has 0 unspecified atom stereocenters. The molecule has 3 aromatic rings. The van der Waals surface area contributed by atoms with Crippen LogP contribution in [0.5, 0.6) is 5.75 Å². The second-order valence-corrected chi connectivity index (χ2v) is 15.7. The van der Waals surface area contributed by atoms with Crippen LogP contribution >= 0.6 is 0 Å². The number of hydrogen-bond acceptors (Lipinski definition) is 7. The number of nitrogens with zero attached hydrogens (tertiary/aromatic N) is 2. The van der Waals surface area contributed by atoms with Crippen molar-refractivity contribution in [3.05, 3.63) is 81.9 Å². The van der Waals surface area contributed by atoms with Gasteiger partial charge in [-0.25, -0.2) is 17.9 Å². The van der Waals surface area contributed by atoms with Gasteiger partial charge in [0.2, 0.25) is 5.96 Å². The lowest BCUT2D eigenvalue weighted by molar-refractivity contribution is -0.137. The van der Waals surface area contributed by atoms with Crippen molar-refractivity contribution in [2.75, 3.05) is 26.2 Å². The number of nitrogens with one attached hydrogen (secondary N) is 2. The summed E-state index contributed by atoms with van der Waals surface area (Å²) in [5, 5.41) is 12.3. The molecule has 12 heteroatoms. The highest BCUT2D eigenvalue weighted by Crippen LogP contribution is 2.45. The Labute approximate surface area is 294 Å². The van der Waals surface area contributed by atoms with E-state index in [-0.39, 0.29) is 42.8 Å². The number of guanidine groups is 1. The number of carboxylic acid groups (broad SMARTS) is 1. The Morgan fingerprint density at radius 1 is 1.00 bits per heavy atom. The van der Waals surface area contributed by atoms with Gasteiger partial charge in [-0.1, -0.05) is 48.5 Å². The minimum Gasteiger partial charge on any atom is -0.487 e. The van der Waals surface area contributed by atoms with Crippen LogP contribution in [0.2, 0.25) is 0 Å². The van der Waals surface area contributed by atoms with Crippen molar-refractivity contribution in [2.45, 2.75) is 89.2 Å². The van der Waals surface area contributed by atoms with Crippen molar-refractivity contribution in [2.24, 2.45) is 4.99 Å². The minimum absolute atomic E-state index is 0.0825. The molecule has 1 atom stereocenters. The molecular formula is C38H46N4O7S. The van der Waals surface area contributed by atoms with Crippen molar-refractivity contribution in [1.82, 2.24) is 14.9 Å². The molecule has 1 amide bonds. The van der Waals surface area contributed by atoms with Gasteiger partial charge in [0.1, 0.15) is 18.0 Å². The average Bonchev–Trinajstić information content (AvgIpc) is 3.78. The Hall–Kier alpha value is -4.58. The number of aliphatic imine (C=N–C) groups is 1. The lowest BCUT2D eigenvalue weighted by Gasteiger charge is -2.24. The molecule has 3 aliphatic rings. The number of aliphatic carboxylic acids is 1. The molecule has 6 rings (SSSR count). The third-order valence-electron chi connectivity index (χ3n) is 10.0. The minimum atomic E-state index is -4.05. The van der Waals surface area contributed by atoms with Crippen LogP contribution in [0.1, 0.15) is 78.8 Å². The van der Waals surface area contributed by atoms with Crippen molar-refractivity contribution >= 4 is 28.0 Å². The maximum atomic E-state index is 14.1. The Balaban J connectivity index is 1.15. The number of benzene rings is 3. The van der Waals surface area contributed by atoms with Crippen LogP contribution in [0.15, 0.2) is 58.4 Å². The van der Waals surface area contributed by atoms with E-state index < -0.39 is 33.7 Å². The third kappa shape index (κ3) is 7.17. The van der Waals surface area contributed by atoms with Gasteiger partial charge in [0.05, 0.1) is 11.3 Å². The van der Waals surface area contributed by atoms with Gasteiger partial charge < -0.3 is 24.8 Å². The molecule has 3 aromatic carbocycles. The number of rotatable bonds is 10. The van der Waals surface area contributed by atoms with Crippen LogP contribution in [0.4, 0.5) is 4.79 Å². The highest BCUT2D eigenvalue weighted by atomic mass is 32.2. The lowest BCUT2D eigenvalue weighted by atomic mass is 9.94. The first-order valence-corrected chi connectivity index (χ1v) is 18.7. The standard InChI is InChI=1S/C38H46N4O7S/c1-23-24(2)35(25(3)31-21-38(4,5)49-34(23)31)50(46,47)41-36(42-18-10-11-19-42)39-17-16-26(20-33(43)44)40-37(45)48-22-32-29-14-8-6-12-27(29)28-13-7-9-15-30(28)32/h6-9,12-15,26,32H,10-11,16-22H2,1-5H3,(H,39,41)(H,40,45)(H,43,44)/t26-/m0/s1. The van der Waals surface area contributed by atoms with E-state index in [2.05, 4.69) is 27.2 Å². The quantitative estimate of drug-likeness (QED) is 0.177. The number of amides is 1. The van der Waals surface area contributed by atoms with E-state index >= 15 is 0 Å². The number of sulfonamides is 1. The zero-order valence-electron chi connectivity index (χ0n) is 29.3. The Kier molecular flexibility index (Phi) is 9.85. The zero-order valence-corrected chi connectivity index (χ0v) is 30.2. The summed E-state index contributed by atoms with van der Waals surface area (Å²) in [7, 11) is -4.05. The van der Waals surface area contributed by atoms with Crippen molar-refractivity contribution in [3.63, 3.8) is 0 Å². The number of alkyl carbamates (subject to hydrolysis) is 1. The molecule has 0 radical (unpaired) electrons. The molecule has 11 nitrogen and oxygen atoms in total. The van der Waals surface area contributed by atoms with Gasteiger partial charge >= 0.3 is 12.1 Å². The van der Waals surface area contributed by atoms with Gasteiger partial charge in [-0.2, -0.15) is 0 Å². The first kappa shape index (κ1) is 35.3. The number of carboxylic acids is 1. The first-order valence-electron chi connectivity index (χ1n) is 17.2. The summed E-state index contributed by atoms with van der Waals surface area (Å²) in [4.78, 5) is 31.5. The molecule has 2 aliphatic heterocycles. The number of fused-ring (bicyclic) bond motifs is 4. The second kappa shape index (κ2) is 14.0. The van der Waals surface area contributed by atoms with E-state index in [9.17, 15) is 23.1 Å². The number of carbonyl (C=O) groups excluding carboxylic acids is 1. The van der Waals surface area contributed by atoms with Gasteiger partial charge in [0.25, 0.3) is 10.0 Å². The van der Waals surface area contributed by atoms with Gasteiger partial charge in [-0.05, 0) is 92.8 Å². The van der Waals surface area contributed by atoms with E-state index in [4.69, 9.17) is 9.47 Å². The summed E-state index contributed by atoms with van der Waals surface area (Å²) >= 11 is 0. The Bertz CT molecular complexity index is 1900. The second-order valence-electron chi connectivity index (χ2n) is 14.1. The molecule has 3 N–H and O–H groups in total. The molecule has 1 aliphatic carbocycles. The molecule has 50 heavy (non-hydrogen) atoms. The topological polar surface area (TPSA) is 147 Å². The summed E-state index contributed by atoms with van der Waals surface area (Å²) in [5.41, 5.74) is 6.93. The molecule has 1 fully saturated rings. The lowest BCUT2D eigenvalue weighted by Crippen LogP contribution is -2.43. The van der Waals surface area contributed by atoms with Crippen LogP contribution in [0.3, 0.4) is 0 Å². The van der Waals surface area contributed by atoms with Crippen molar-refractivity contribution in [1.29, 1.82) is 0 Å². The number of ether oxygens (including phenoxy) is 2. The van der Waals surface area contributed by atoms with Gasteiger partial charge in [0, 0.05) is 43.6 Å². The zero-order chi connectivity index (χ0) is 35.8. The van der Waals surface area contributed by atoms with Gasteiger partial charge in [-0.15, -0.1) is 0 Å². The molecule has 2 heterocycles. The van der Waals surface area contributed by atoms with Crippen molar-refractivity contribution in [3.8, 4) is 16.9 Å².